The Labute approximate surface area is 116 Å². The second kappa shape index (κ2) is 9.11. The van der Waals surface area contributed by atoms with Gasteiger partial charge < -0.3 is 5.11 Å². The molecule has 19 heavy (non-hydrogen) atoms. The number of ketones is 1. The zero-order valence-corrected chi connectivity index (χ0v) is 12.2. The summed E-state index contributed by atoms with van der Waals surface area (Å²) in [6.45, 7) is 2.19. The van der Waals surface area contributed by atoms with Gasteiger partial charge in [-0.3, -0.25) is 9.59 Å². The Morgan fingerprint density at radius 1 is 1.16 bits per heavy atom. The third-order valence-electron chi connectivity index (χ3n) is 4.33. The molecule has 2 atom stereocenters. The molecule has 3 nitrogen and oxygen atoms in total. The van der Waals surface area contributed by atoms with Gasteiger partial charge in [0.1, 0.15) is 5.78 Å². The molecule has 1 saturated carbocycles. The zero-order chi connectivity index (χ0) is 14.1. The van der Waals surface area contributed by atoms with Crippen molar-refractivity contribution in [3.05, 3.63) is 0 Å². The fourth-order valence-electron chi connectivity index (χ4n) is 3.19. The van der Waals surface area contributed by atoms with Crippen LogP contribution >= 0.6 is 0 Å². The van der Waals surface area contributed by atoms with Crippen LogP contribution in [0.1, 0.15) is 77.6 Å². The molecule has 0 aromatic carbocycles. The number of hydrogen-bond donors (Lipinski definition) is 1. The highest BCUT2D eigenvalue weighted by molar-refractivity contribution is 5.83. The lowest BCUT2D eigenvalue weighted by Gasteiger charge is -2.18. The van der Waals surface area contributed by atoms with Crippen molar-refractivity contribution in [2.75, 3.05) is 0 Å². The van der Waals surface area contributed by atoms with Gasteiger partial charge in [0.05, 0.1) is 0 Å². The number of hydrogen-bond acceptors (Lipinski definition) is 2. The number of carbonyl (C=O) groups is 2. The molecule has 0 spiro atoms. The molecule has 0 aromatic heterocycles. The minimum Gasteiger partial charge on any atom is -0.481 e. The Hall–Kier alpha value is -0.860. The summed E-state index contributed by atoms with van der Waals surface area (Å²) in [4.78, 5) is 22.3. The summed E-state index contributed by atoms with van der Waals surface area (Å²) in [5.41, 5.74) is 0. The van der Waals surface area contributed by atoms with Crippen LogP contribution in [0.15, 0.2) is 0 Å². The highest BCUT2D eigenvalue weighted by Crippen LogP contribution is 2.36. The first-order chi connectivity index (χ1) is 9.15. The van der Waals surface area contributed by atoms with E-state index in [1.807, 2.05) is 0 Å². The average molecular weight is 268 g/mol. The molecule has 0 bridgehead atoms. The summed E-state index contributed by atoms with van der Waals surface area (Å²) in [5, 5.41) is 8.58. The second-order valence-corrected chi connectivity index (χ2v) is 5.86. The van der Waals surface area contributed by atoms with Crippen LogP contribution in [-0.2, 0) is 9.59 Å². The highest BCUT2D eigenvalue weighted by Gasteiger charge is 2.33. The van der Waals surface area contributed by atoms with Crippen LogP contribution in [0, 0.1) is 11.8 Å². The summed E-state index contributed by atoms with van der Waals surface area (Å²) in [7, 11) is 0. The maximum absolute atomic E-state index is 11.9. The Balaban J connectivity index is 2.19. The Bertz CT molecular complexity index is 286. The van der Waals surface area contributed by atoms with Gasteiger partial charge in [-0.2, -0.15) is 0 Å². The number of Topliss-reactive ketones (excluding diaryl/α,β-unsaturated/α-hetero) is 1. The summed E-state index contributed by atoms with van der Waals surface area (Å²) in [6, 6.07) is 0. The van der Waals surface area contributed by atoms with Crippen molar-refractivity contribution in [1.82, 2.24) is 0 Å². The maximum Gasteiger partial charge on any atom is 0.303 e. The molecule has 0 unspecified atom stereocenters. The summed E-state index contributed by atoms with van der Waals surface area (Å²) in [5.74, 6) is 0.667. The minimum atomic E-state index is -0.700. The van der Waals surface area contributed by atoms with Gasteiger partial charge in [-0.1, -0.05) is 39.0 Å². The van der Waals surface area contributed by atoms with Gasteiger partial charge in [0.25, 0.3) is 0 Å². The second-order valence-electron chi connectivity index (χ2n) is 5.86. The molecule has 0 radical (unpaired) electrons. The van der Waals surface area contributed by atoms with E-state index in [0.29, 0.717) is 17.6 Å². The van der Waals surface area contributed by atoms with Gasteiger partial charge in [-0.25, -0.2) is 0 Å². The van der Waals surface area contributed by atoms with E-state index in [9.17, 15) is 9.59 Å². The van der Waals surface area contributed by atoms with E-state index >= 15 is 0 Å². The number of rotatable bonds is 10. The van der Waals surface area contributed by atoms with Crippen molar-refractivity contribution >= 4 is 11.8 Å². The molecule has 0 saturated heterocycles. The average Bonchev–Trinajstić information content (AvgIpc) is 2.71. The Morgan fingerprint density at radius 3 is 2.58 bits per heavy atom. The zero-order valence-electron chi connectivity index (χ0n) is 12.2. The Kier molecular flexibility index (Phi) is 7.76. The van der Waals surface area contributed by atoms with Gasteiger partial charge in [-0.15, -0.1) is 0 Å². The van der Waals surface area contributed by atoms with Crippen molar-refractivity contribution < 1.29 is 14.7 Å². The van der Waals surface area contributed by atoms with E-state index in [-0.39, 0.29) is 6.42 Å². The number of carbonyl (C=O) groups excluding carboxylic acids is 1. The number of carboxylic acids is 1. The first-order valence-electron chi connectivity index (χ1n) is 7.89. The smallest absolute Gasteiger partial charge is 0.303 e. The molecule has 0 heterocycles. The van der Waals surface area contributed by atoms with Crippen LogP contribution in [0.2, 0.25) is 0 Å². The van der Waals surface area contributed by atoms with Gasteiger partial charge >= 0.3 is 5.97 Å². The van der Waals surface area contributed by atoms with E-state index in [1.54, 1.807) is 0 Å². The number of carboxylic acid groups (broad SMARTS) is 1. The first kappa shape index (κ1) is 16.2. The predicted molar refractivity (Wildman–Crippen MR) is 76.1 cm³/mol. The molecule has 1 fully saturated rings. The Morgan fingerprint density at radius 2 is 1.89 bits per heavy atom. The number of aliphatic carboxylic acids is 1. The lowest BCUT2D eigenvalue weighted by atomic mass is 9.86. The summed E-state index contributed by atoms with van der Waals surface area (Å²) < 4.78 is 0. The highest BCUT2D eigenvalue weighted by atomic mass is 16.4. The van der Waals surface area contributed by atoms with E-state index < -0.39 is 5.97 Å². The SMILES string of the molecule is CCCCC[C@H]1C(=O)CC[C@H]1CCCCCC(=O)O. The van der Waals surface area contributed by atoms with Crippen LogP contribution in [-0.4, -0.2) is 16.9 Å². The fraction of sp³-hybridized carbons (Fsp3) is 0.875. The van der Waals surface area contributed by atoms with E-state index in [0.717, 1.165) is 44.9 Å². The quantitative estimate of drug-likeness (QED) is 0.604. The van der Waals surface area contributed by atoms with Crippen LogP contribution in [0.5, 0.6) is 0 Å². The molecule has 0 aromatic rings. The van der Waals surface area contributed by atoms with Gasteiger partial charge in [0.2, 0.25) is 0 Å². The van der Waals surface area contributed by atoms with E-state index in [4.69, 9.17) is 5.11 Å². The molecule has 1 N–H and O–H groups in total. The van der Waals surface area contributed by atoms with E-state index in [2.05, 4.69) is 6.92 Å². The normalized spacial score (nSPS) is 22.9. The van der Waals surface area contributed by atoms with Gasteiger partial charge in [-0.05, 0) is 31.6 Å². The monoisotopic (exact) mass is 268 g/mol. The third-order valence-corrected chi connectivity index (χ3v) is 4.33. The van der Waals surface area contributed by atoms with Crippen LogP contribution in [0.4, 0.5) is 0 Å². The standard InChI is InChI=1S/C16H28O3/c1-2-3-5-9-14-13(11-12-15(14)17)8-6-4-7-10-16(18)19/h13-14H,2-12H2,1H3,(H,18,19)/t13-,14-/m1/s1. The van der Waals surface area contributed by atoms with Crippen molar-refractivity contribution in [3.63, 3.8) is 0 Å². The predicted octanol–water partition coefficient (Wildman–Crippen LogP) is 4.20. The molecular weight excluding hydrogens is 240 g/mol. The minimum absolute atomic E-state index is 0.281. The van der Waals surface area contributed by atoms with Gasteiger partial charge in [0, 0.05) is 18.8 Å². The lowest BCUT2D eigenvalue weighted by molar-refractivity contribution is -0.137. The summed E-state index contributed by atoms with van der Waals surface area (Å²) in [6.07, 6.45) is 10.8. The molecule has 1 aliphatic carbocycles. The van der Waals surface area contributed by atoms with Crippen LogP contribution < -0.4 is 0 Å². The van der Waals surface area contributed by atoms with Gasteiger partial charge in [0.15, 0.2) is 0 Å². The van der Waals surface area contributed by atoms with Crippen molar-refractivity contribution in [2.24, 2.45) is 11.8 Å². The topological polar surface area (TPSA) is 54.4 Å². The van der Waals surface area contributed by atoms with Crippen molar-refractivity contribution in [2.45, 2.75) is 77.6 Å². The molecule has 0 amide bonds. The summed E-state index contributed by atoms with van der Waals surface area (Å²) >= 11 is 0. The van der Waals surface area contributed by atoms with Crippen LogP contribution in [0.25, 0.3) is 0 Å². The molecule has 1 rings (SSSR count). The van der Waals surface area contributed by atoms with Crippen molar-refractivity contribution in [1.29, 1.82) is 0 Å². The number of unbranched alkanes of at least 4 members (excludes halogenated alkanes) is 4. The maximum atomic E-state index is 11.9. The first-order valence-corrected chi connectivity index (χ1v) is 7.89. The largest absolute Gasteiger partial charge is 0.481 e. The molecule has 110 valence electrons. The molecule has 1 aliphatic rings. The lowest BCUT2D eigenvalue weighted by Crippen LogP contribution is -2.14. The molecule has 3 heteroatoms. The van der Waals surface area contributed by atoms with Crippen molar-refractivity contribution in [3.8, 4) is 0 Å². The van der Waals surface area contributed by atoms with E-state index in [1.165, 1.54) is 19.3 Å². The molecular formula is C16H28O3. The third kappa shape index (κ3) is 6.22. The fourth-order valence-corrected chi connectivity index (χ4v) is 3.19. The van der Waals surface area contributed by atoms with Crippen LogP contribution in [0.3, 0.4) is 0 Å². The molecule has 0 aliphatic heterocycles.